The smallest absolute Gasteiger partial charge is 0.208 e. The monoisotopic (exact) mass is 375 g/mol. The molecule has 1 saturated heterocycles. The van der Waals surface area contributed by atoms with Crippen molar-refractivity contribution in [1.29, 1.82) is 0 Å². The van der Waals surface area contributed by atoms with Crippen LogP contribution in [0.4, 0.5) is 0 Å². The predicted molar refractivity (Wildman–Crippen MR) is 96.8 cm³/mol. The summed E-state index contributed by atoms with van der Waals surface area (Å²) in [6, 6.07) is 0.356. The second-order valence-electron chi connectivity index (χ2n) is 6.30. The second kappa shape index (κ2) is 11.0. The third-order valence-corrected chi connectivity index (χ3v) is 5.27. The van der Waals surface area contributed by atoms with E-state index in [1.807, 2.05) is 0 Å². The van der Waals surface area contributed by atoms with Crippen molar-refractivity contribution < 1.29 is 8.42 Å². The van der Waals surface area contributed by atoms with Crippen molar-refractivity contribution in [2.24, 2.45) is 5.92 Å². The number of nitrogens with one attached hydrogen (secondary N) is 2. The molecule has 22 heavy (non-hydrogen) atoms. The van der Waals surface area contributed by atoms with Crippen LogP contribution < -0.4 is 10.0 Å². The Morgan fingerprint density at radius 3 is 2.27 bits per heavy atom. The van der Waals surface area contributed by atoms with Gasteiger partial charge in [-0.2, -0.15) is 0 Å². The molecule has 1 aliphatic carbocycles. The highest BCUT2D eigenvalue weighted by Gasteiger charge is 2.25. The van der Waals surface area contributed by atoms with Gasteiger partial charge in [0.1, 0.15) is 0 Å². The molecule has 1 atom stereocenters. The summed E-state index contributed by atoms with van der Waals surface area (Å²) in [5, 5.41) is 3.37. The number of nitrogens with zero attached hydrogens (tertiary/aromatic N) is 1. The Labute approximate surface area is 147 Å². The number of sulfonamides is 1. The molecule has 1 heterocycles. The van der Waals surface area contributed by atoms with Crippen LogP contribution in [0, 0.1) is 5.92 Å². The maximum Gasteiger partial charge on any atom is 0.208 e. The lowest BCUT2D eigenvalue weighted by atomic mass is 9.84. The lowest BCUT2D eigenvalue weighted by Gasteiger charge is -2.37. The molecule has 0 aromatic heterocycles. The van der Waals surface area contributed by atoms with Crippen LogP contribution >= 0.6 is 24.8 Å². The summed E-state index contributed by atoms with van der Waals surface area (Å²) < 4.78 is 25.5. The third kappa shape index (κ3) is 8.31. The van der Waals surface area contributed by atoms with E-state index in [1.54, 1.807) is 0 Å². The molecule has 2 fully saturated rings. The minimum Gasteiger partial charge on any atom is -0.314 e. The topological polar surface area (TPSA) is 61.4 Å². The zero-order valence-electron chi connectivity index (χ0n) is 13.4. The maximum absolute atomic E-state index is 11.4. The average Bonchev–Trinajstić information content (AvgIpc) is 2.44. The van der Waals surface area contributed by atoms with E-state index in [1.165, 1.54) is 38.4 Å². The predicted octanol–water partition coefficient (Wildman–Crippen LogP) is 1.62. The van der Waals surface area contributed by atoms with Crippen molar-refractivity contribution in [2.75, 3.05) is 39.0 Å². The van der Waals surface area contributed by atoms with Crippen molar-refractivity contribution in [3.8, 4) is 0 Å². The van der Waals surface area contributed by atoms with Crippen LogP contribution in [0.2, 0.25) is 0 Å². The summed E-state index contributed by atoms with van der Waals surface area (Å²) in [5.74, 6) is 0.782. The molecule has 134 valence electrons. The first-order chi connectivity index (χ1) is 9.54. The summed E-state index contributed by atoms with van der Waals surface area (Å²) in [4.78, 5) is 2.46. The van der Waals surface area contributed by atoms with Gasteiger partial charge in [0.05, 0.1) is 6.26 Å². The molecule has 5 nitrogen and oxygen atoms in total. The van der Waals surface area contributed by atoms with Crippen LogP contribution in [-0.4, -0.2) is 58.3 Å². The molecule has 0 bridgehead atoms. The van der Waals surface area contributed by atoms with Crippen LogP contribution in [0.3, 0.4) is 0 Å². The van der Waals surface area contributed by atoms with Crippen LogP contribution in [0.1, 0.15) is 38.5 Å². The molecule has 2 N–H and O–H groups in total. The van der Waals surface area contributed by atoms with Crippen molar-refractivity contribution in [3.05, 3.63) is 0 Å². The van der Waals surface area contributed by atoms with Gasteiger partial charge in [0.15, 0.2) is 0 Å². The molecule has 0 spiro atoms. The Hall–Kier alpha value is 0.410. The quantitative estimate of drug-likeness (QED) is 0.740. The zero-order valence-corrected chi connectivity index (χ0v) is 15.9. The van der Waals surface area contributed by atoms with Gasteiger partial charge in [0.2, 0.25) is 10.0 Å². The van der Waals surface area contributed by atoms with Crippen molar-refractivity contribution in [2.45, 2.75) is 44.6 Å². The number of hydrogen-bond donors (Lipinski definition) is 2. The number of hydrogen-bond acceptors (Lipinski definition) is 4. The minimum absolute atomic E-state index is 0. The SMILES string of the molecule is CS(=O)(=O)NCC(CC1CCCCC1)N1CCNCC1.Cl.Cl. The molecular formula is C14H31Cl2N3O2S. The first kappa shape index (κ1) is 22.4. The van der Waals surface area contributed by atoms with Crippen LogP contribution in [0.25, 0.3) is 0 Å². The fraction of sp³-hybridized carbons (Fsp3) is 1.00. The summed E-state index contributed by atoms with van der Waals surface area (Å²) in [6.45, 7) is 4.65. The van der Waals surface area contributed by atoms with Gasteiger partial charge in [-0.05, 0) is 12.3 Å². The highest BCUT2D eigenvalue weighted by Crippen LogP contribution is 2.28. The van der Waals surface area contributed by atoms with Crippen molar-refractivity contribution >= 4 is 34.8 Å². The first-order valence-electron chi connectivity index (χ1n) is 7.94. The first-order valence-corrected chi connectivity index (χ1v) is 9.83. The fourth-order valence-electron chi connectivity index (χ4n) is 3.46. The standard InChI is InChI=1S/C14H29N3O2S.2ClH/c1-20(18,19)16-12-14(17-9-7-15-8-10-17)11-13-5-3-2-4-6-13;;/h13-16H,2-12H2,1H3;2*1H. The third-order valence-electron chi connectivity index (χ3n) is 4.58. The number of piperazine rings is 1. The highest BCUT2D eigenvalue weighted by molar-refractivity contribution is 7.88. The molecule has 1 unspecified atom stereocenters. The van der Waals surface area contributed by atoms with Crippen molar-refractivity contribution in [1.82, 2.24) is 14.9 Å². The van der Waals surface area contributed by atoms with Crippen LogP contribution in [0.5, 0.6) is 0 Å². The van der Waals surface area contributed by atoms with Gasteiger partial charge >= 0.3 is 0 Å². The fourth-order valence-corrected chi connectivity index (χ4v) is 3.96. The Morgan fingerprint density at radius 2 is 1.73 bits per heavy atom. The second-order valence-corrected chi connectivity index (χ2v) is 8.13. The molecule has 0 aromatic carbocycles. The molecule has 1 saturated carbocycles. The average molecular weight is 376 g/mol. The molecule has 0 aromatic rings. The van der Waals surface area contributed by atoms with Gasteiger partial charge in [-0.25, -0.2) is 13.1 Å². The molecule has 0 radical (unpaired) electrons. The molecule has 1 aliphatic heterocycles. The van der Waals surface area contributed by atoms with Gasteiger partial charge in [-0.15, -0.1) is 24.8 Å². The van der Waals surface area contributed by atoms with E-state index in [4.69, 9.17) is 0 Å². The van der Waals surface area contributed by atoms with Gasteiger partial charge in [0, 0.05) is 38.8 Å². The molecule has 8 heteroatoms. The van der Waals surface area contributed by atoms with Gasteiger partial charge in [-0.1, -0.05) is 32.1 Å². The molecular weight excluding hydrogens is 345 g/mol. The molecule has 2 aliphatic rings. The Balaban J connectivity index is 0.00000220. The van der Waals surface area contributed by atoms with Crippen LogP contribution in [-0.2, 0) is 10.0 Å². The normalized spacial score (nSPS) is 22.4. The Morgan fingerprint density at radius 1 is 1.14 bits per heavy atom. The molecule has 2 rings (SSSR count). The van der Waals surface area contributed by atoms with Gasteiger partial charge < -0.3 is 5.32 Å². The molecule has 0 amide bonds. The van der Waals surface area contributed by atoms with Crippen LogP contribution in [0.15, 0.2) is 0 Å². The lowest BCUT2D eigenvalue weighted by Crippen LogP contribution is -2.52. The van der Waals surface area contributed by atoms with E-state index in [2.05, 4.69) is 14.9 Å². The highest BCUT2D eigenvalue weighted by atomic mass is 35.5. The van der Waals surface area contributed by atoms with Crippen molar-refractivity contribution in [3.63, 3.8) is 0 Å². The zero-order chi connectivity index (χ0) is 14.4. The van der Waals surface area contributed by atoms with E-state index < -0.39 is 10.0 Å². The number of halogens is 2. The summed E-state index contributed by atoms with van der Waals surface area (Å²) in [5.41, 5.74) is 0. The minimum atomic E-state index is -3.09. The van der Waals surface area contributed by atoms with E-state index in [9.17, 15) is 8.42 Å². The largest absolute Gasteiger partial charge is 0.314 e. The Bertz CT molecular complexity index is 384. The Kier molecular flexibility index (Phi) is 11.3. The van der Waals surface area contributed by atoms with Gasteiger partial charge in [-0.3, -0.25) is 4.90 Å². The summed E-state index contributed by atoms with van der Waals surface area (Å²) >= 11 is 0. The summed E-state index contributed by atoms with van der Waals surface area (Å²) in [7, 11) is -3.09. The van der Waals surface area contributed by atoms with E-state index in [-0.39, 0.29) is 24.8 Å². The van der Waals surface area contributed by atoms with Gasteiger partial charge in [0.25, 0.3) is 0 Å². The van der Waals surface area contributed by atoms with E-state index in [0.29, 0.717) is 12.6 Å². The van der Waals surface area contributed by atoms with E-state index >= 15 is 0 Å². The lowest BCUT2D eigenvalue weighted by molar-refractivity contribution is 0.141. The summed E-state index contributed by atoms with van der Waals surface area (Å²) in [6.07, 6.45) is 9.10. The van der Waals surface area contributed by atoms with E-state index in [0.717, 1.165) is 38.5 Å². The number of rotatable bonds is 6. The maximum atomic E-state index is 11.4.